The van der Waals surface area contributed by atoms with Crippen LogP contribution in [0.4, 0.5) is 4.39 Å². The first-order chi connectivity index (χ1) is 9.42. The summed E-state index contributed by atoms with van der Waals surface area (Å²) in [7, 11) is 0. The lowest BCUT2D eigenvalue weighted by molar-refractivity contribution is -0.127. The number of hydrogen-bond donors (Lipinski definition) is 2. The summed E-state index contributed by atoms with van der Waals surface area (Å²) < 4.78 is 18.7. The van der Waals surface area contributed by atoms with E-state index in [9.17, 15) is 14.0 Å². The van der Waals surface area contributed by atoms with Crippen LogP contribution in [0.1, 0.15) is 26.7 Å². The van der Waals surface area contributed by atoms with Crippen molar-refractivity contribution < 1.29 is 18.7 Å². The fraction of sp³-hybridized carbons (Fsp3) is 0.846. The molecular weight excluding hydrogens is 265 g/mol. The average molecular weight is 289 g/mol. The van der Waals surface area contributed by atoms with Crippen LogP contribution >= 0.6 is 0 Å². The Kier molecular flexibility index (Phi) is 6.87. The summed E-state index contributed by atoms with van der Waals surface area (Å²) in [6.45, 7) is 4.38. The van der Waals surface area contributed by atoms with Gasteiger partial charge in [0.2, 0.25) is 11.8 Å². The number of carbonyl (C=O) groups is 2. The Labute approximate surface area is 118 Å². The molecule has 1 aliphatic heterocycles. The number of carbonyl (C=O) groups excluding carboxylic acids is 2. The van der Waals surface area contributed by atoms with Gasteiger partial charge in [0.25, 0.3) is 0 Å². The Hall–Kier alpha value is -1.21. The quantitative estimate of drug-likeness (QED) is 0.649. The molecule has 0 saturated carbocycles. The van der Waals surface area contributed by atoms with Gasteiger partial charge in [-0.15, -0.1) is 0 Å². The molecule has 1 fully saturated rings. The maximum Gasteiger partial charge on any atom is 0.246 e. The fourth-order valence-electron chi connectivity index (χ4n) is 2.15. The number of halogens is 1. The van der Waals surface area contributed by atoms with Gasteiger partial charge >= 0.3 is 0 Å². The molecule has 6 nitrogen and oxygen atoms in total. The van der Waals surface area contributed by atoms with Crippen LogP contribution in [0, 0.1) is 0 Å². The van der Waals surface area contributed by atoms with E-state index in [-0.39, 0.29) is 37.7 Å². The molecule has 0 aliphatic carbocycles. The summed E-state index contributed by atoms with van der Waals surface area (Å²) in [4.78, 5) is 24.2. The van der Waals surface area contributed by atoms with Gasteiger partial charge in [-0.2, -0.15) is 0 Å². The van der Waals surface area contributed by atoms with Gasteiger partial charge in [0, 0.05) is 19.1 Å². The van der Waals surface area contributed by atoms with Crippen molar-refractivity contribution in [3.05, 3.63) is 0 Å². The third-order valence-electron chi connectivity index (χ3n) is 3.44. The second kappa shape index (κ2) is 8.16. The summed E-state index contributed by atoms with van der Waals surface area (Å²) in [6, 6.07) is -0.190. The standard InChI is InChI=1S/C13H24FN3O3/c1-3-9(2)20-8-13(19)16-5-11-4-10(14)6-17(11)7-12(15)18/h9-11H,3-8H2,1-2H3,(H2,15,18)(H,16,19)/t9-,10+,11+/m1/s1. The highest BCUT2D eigenvalue weighted by Gasteiger charge is 2.32. The third-order valence-corrected chi connectivity index (χ3v) is 3.44. The predicted molar refractivity (Wildman–Crippen MR) is 72.8 cm³/mol. The second-order valence-corrected chi connectivity index (χ2v) is 5.22. The van der Waals surface area contributed by atoms with E-state index in [1.165, 1.54) is 0 Å². The van der Waals surface area contributed by atoms with Crippen molar-refractivity contribution in [2.45, 2.75) is 45.0 Å². The number of likely N-dealkylation sites (tertiary alicyclic amines) is 1. The van der Waals surface area contributed by atoms with Crippen LogP contribution in [0.25, 0.3) is 0 Å². The first-order valence-corrected chi connectivity index (χ1v) is 6.97. The molecule has 3 atom stereocenters. The molecule has 1 heterocycles. The van der Waals surface area contributed by atoms with E-state index in [1.807, 2.05) is 13.8 Å². The van der Waals surface area contributed by atoms with Gasteiger partial charge in [-0.25, -0.2) is 4.39 Å². The Bertz CT molecular complexity index is 341. The van der Waals surface area contributed by atoms with Crippen molar-refractivity contribution in [2.75, 3.05) is 26.2 Å². The number of alkyl halides is 1. The number of rotatable bonds is 8. The molecule has 0 aromatic carbocycles. The van der Waals surface area contributed by atoms with Gasteiger partial charge in [0.1, 0.15) is 12.8 Å². The fourth-order valence-corrected chi connectivity index (χ4v) is 2.15. The number of amides is 2. The second-order valence-electron chi connectivity index (χ2n) is 5.22. The molecule has 0 aromatic heterocycles. The van der Waals surface area contributed by atoms with Crippen LogP contribution in [0.2, 0.25) is 0 Å². The minimum Gasteiger partial charge on any atom is -0.369 e. The molecule has 20 heavy (non-hydrogen) atoms. The number of nitrogens with one attached hydrogen (secondary N) is 1. The number of nitrogens with two attached hydrogens (primary N) is 1. The molecule has 0 radical (unpaired) electrons. The lowest BCUT2D eigenvalue weighted by Crippen LogP contribution is -2.44. The molecule has 0 spiro atoms. The monoisotopic (exact) mass is 289 g/mol. The van der Waals surface area contributed by atoms with Crippen molar-refractivity contribution in [3.8, 4) is 0 Å². The molecule has 1 aliphatic rings. The summed E-state index contributed by atoms with van der Waals surface area (Å²) in [5, 5.41) is 2.70. The highest BCUT2D eigenvalue weighted by atomic mass is 19.1. The zero-order valence-corrected chi connectivity index (χ0v) is 12.1. The molecule has 1 saturated heterocycles. The zero-order valence-electron chi connectivity index (χ0n) is 12.1. The highest BCUT2D eigenvalue weighted by Crippen LogP contribution is 2.19. The minimum absolute atomic E-state index is 0.00337. The minimum atomic E-state index is -0.979. The van der Waals surface area contributed by atoms with Crippen molar-refractivity contribution >= 4 is 11.8 Å². The van der Waals surface area contributed by atoms with Crippen LogP contribution in [0.5, 0.6) is 0 Å². The van der Waals surface area contributed by atoms with Crippen molar-refractivity contribution in [2.24, 2.45) is 5.73 Å². The van der Waals surface area contributed by atoms with Gasteiger partial charge in [0.05, 0.1) is 12.6 Å². The molecule has 116 valence electrons. The van der Waals surface area contributed by atoms with Crippen molar-refractivity contribution in [1.29, 1.82) is 0 Å². The maximum absolute atomic E-state index is 13.4. The first-order valence-electron chi connectivity index (χ1n) is 6.97. The lowest BCUT2D eigenvalue weighted by atomic mass is 10.2. The van der Waals surface area contributed by atoms with Crippen LogP contribution < -0.4 is 11.1 Å². The topological polar surface area (TPSA) is 84.7 Å². The highest BCUT2D eigenvalue weighted by molar-refractivity contribution is 5.77. The number of ether oxygens (including phenoxy) is 1. The summed E-state index contributed by atoms with van der Waals surface area (Å²) in [5.74, 6) is -0.720. The summed E-state index contributed by atoms with van der Waals surface area (Å²) in [6.07, 6.45) is 0.201. The number of nitrogens with zero attached hydrogens (tertiary/aromatic N) is 1. The Morgan fingerprint density at radius 2 is 2.25 bits per heavy atom. The molecule has 0 bridgehead atoms. The van der Waals surface area contributed by atoms with E-state index in [4.69, 9.17) is 10.5 Å². The predicted octanol–water partition coefficient (Wildman–Crippen LogP) is -0.185. The average Bonchev–Trinajstić information content (AvgIpc) is 2.72. The van der Waals surface area contributed by atoms with Gasteiger partial charge in [-0.3, -0.25) is 14.5 Å². The Morgan fingerprint density at radius 3 is 2.85 bits per heavy atom. The number of hydrogen-bond acceptors (Lipinski definition) is 4. The van der Waals surface area contributed by atoms with Gasteiger partial charge < -0.3 is 15.8 Å². The van der Waals surface area contributed by atoms with E-state index in [0.717, 1.165) is 6.42 Å². The summed E-state index contributed by atoms with van der Waals surface area (Å²) in [5.41, 5.74) is 5.12. The van der Waals surface area contributed by atoms with Crippen LogP contribution in [0.3, 0.4) is 0 Å². The van der Waals surface area contributed by atoms with Crippen LogP contribution in [-0.2, 0) is 14.3 Å². The first kappa shape index (κ1) is 16.8. The van der Waals surface area contributed by atoms with Crippen molar-refractivity contribution in [3.63, 3.8) is 0 Å². The maximum atomic E-state index is 13.4. The molecule has 0 unspecified atom stereocenters. The van der Waals surface area contributed by atoms with Gasteiger partial charge in [-0.1, -0.05) is 6.92 Å². The van der Waals surface area contributed by atoms with E-state index in [0.29, 0.717) is 13.0 Å². The van der Waals surface area contributed by atoms with Crippen molar-refractivity contribution in [1.82, 2.24) is 10.2 Å². The molecule has 2 amide bonds. The molecule has 1 rings (SSSR count). The lowest BCUT2D eigenvalue weighted by Gasteiger charge is -2.22. The Morgan fingerprint density at radius 1 is 1.55 bits per heavy atom. The molecular formula is C13H24FN3O3. The van der Waals surface area contributed by atoms with Gasteiger partial charge in [0.15, 0.2) is 0 Å². The molecule has 7 heteroatoms. The smallest absolute Gasteiger partial charge is 0.246 e. The van der Waals surface area contributed by atoms with E-state index < -0.39 is 12.1 Å². The SMILES string of the molecule is CC[C@@H](C)OCC(=O)NC[C@@H]1C[C@H](F)CN1CC(N)=O. The largest absolute Gasteiger partial charge is 0.369 e. The Balaban J connectivity index is 2.31. The number of primary amides is 1. The molecule has 3 N–H and O–H groups in total. The van der Waals surface area contributed by atoms with E-state index in [2.05, 4.69) is 5.32 Å². The molecule has 0 aromatic rings. The van der Waals surface area contributed by atoms with Crippen LogP contribution in [-0.4, -0.2) is 61.3 Å². The van der Waals surface area contributed by atoms with Gasteiger partial charge in [-0.05, 0) is 19.8 Å². The van der Waals surface area contributed by atoms with E-state index >= 15 is 0 Å². The van der Waals surface area contributed by atoms with E-state index in [1.54, 1.807) is 4.90 Å². The summed E-state index contributed by atoms with van der Waals surface area (Å²) >= 11 is 0. The van der Waals surface area contributed by atoms with Crippen LogP contribution in [0.15, 0.2) is 0 Å². The normalized spacial score (nSPS) is 24.6. The zero-order chi connectivity index (χ0) is 15.1. The third kappa shape index (κ3) is 5.83.